The van der Waals surface area contributed by atoms with E-state index in [4.69, 9.17) is 16.3 Å². The molecule has 0 radical (unpaired) electrons. The van der Waals surface area contributed by atoms with Crippen LogP contribution in [0.5, 0.6) is 11.6 Å². The molecule has 0 atom stereocenters. The molecule has 0 saturated carbocycles. The average Bonchev–Trinajstić information content (AvgIpc) is 2.95. The van der Waals surface area contributed by atoms with Crippen LogP contribution < -0.4 is 10.1 Å². The van der Waals surface area contributed by atoms with Crippen LogP contribution in [0.3, 0.4) is 0 Å². The molecule has 0 unspecified atom stereocenters. The molecule has 2 aromatic rings. The van der Waals surface area contributed by atoms with Crippen molar-refractivity contribution in [3.05, 3.63) is 52.2 Å². The molecule has 1 aliphatic rings. The van der Waals surface area contributed by atoms with Gasteiger partial charge in [0.15, 0.2) is 0 Å². The van der Waals surface area contributed by atoms with Gasteiger partial charge in [0.2, 0.25) is 5.88 Å². The maximum absolute atomic E-state index is 6.15. The largest absolute Gasteiger partial charge is 0.439 e. The van der Waals surface area contributed by atoms with Crippen molar-refractivity contribution in [2.24, 2.45) is 0 Å². The fraction of sp³-hybridized carbons (Fsp3) is 0.353. The van der Waals surface area contributed by atoms with E-state index >= 15 is 0 Å². The highest BCUT2D eigenvalue weighted by molar-refractivity contribution is 6.31. The highest BCUT2D eigenvalue weighted by Gasteiger charge is 2.12. The molecular weight excluding hydrogens is 284 g/mol. The van der Waals surface area contributed by atoms with Crippen LogP contribution >= 0.6 is 11.6 Å². The highest BCUT2D eigenvalue weighted by atomic mass is 35.5. The number of hydrogen-bond donors (Lipinski definition) is 1. The van der Waals surface area contributed by atoms with Gasteiger partial charge in [-0.2, -0.15) is 0 Å². The Kier molecular flexibility index (Phi) is 4.42. The number of halogens is 1. The van der Waals surface area contributed by atoms with Crippen molar-refractivity contribution in [1.82, 2.24) is 10.3 Å². The Hall–Kier alpha value is -1.58. The topological polar surface area (TPSA) is 34.1 Å². The van der Waals surface area contributed by atoms with Crippen LogP contribution in [0.25, 0.3) is 0 Å². The van der Waals surface area contributed by atoms with Crippen LogP contribution in [0.4, 0.5) is 0 Å². The van der Waals surface area contributed by atoms with E-state index in [0.717, 1.165) is 30.8 Å². The summed E-state index contributed by atoms with van der Waals surface area (Å²) in [6.45, 7) is 3.69. The standard InChI is InChI=1S/C17H19ClN2O/c1-2-19-10-14-9-17(20-11-16(14)18)21-15-7-6-12-4-3-5-13(12)8-15/h6-9,11,19H,2-5,10H2,1H3. The molecule has 1 aromatic carbocycles. The van der Waals surface area contributed by atoms with Crippen LogP contribution in [0.15, 0.2) is 30.5 Å². The van der Waals surface area contributed by atoms with E-state index < -0.39 is 0 Å². The first kappa shape index (κ1) is 14.4. The summed E-state index contributed by atoms with van der Waals surface area (Å²) in [4.78, 5) is 4.25. The van der Waals surface area contributed by atoms with Gasteiger partial charge in [0.1, 0.15) is 5.75 Å². The molecule has 4 heteroatoms. The predicted molar refractivity (Wildman–Crippen MR) is 85.2 cm³/mol. The van der Waals surface area contributed by atoms with Gasteiger partial charge < -0.3 is 10.1 Å². The maximum atomic E-state index is 6.15. The van der Waals surface area contributed by atoms with Gasteiger partial charge in [0, 0.05) is 18.8 Å². The van der Waals surface area contributed by atoms with Crippen LogP contribution in [-0.2, 0) is 19.4 Å². The molecule has 3 rings (SSSR count). The number of benzene rings is 1. The number of rotatable bonds is 5. The van der Waals surface area contributed by atoms with Crippen LogP contribution in [-0.4, -0.2) is 11.5 Å². The van der Waals surface area contributed by atoms with Crippen LogP contribution in [0.1, 0.15) is 30.0 Å². The lowest BCUT2D eigenvalue weighted by Gasteiger charge is -2.10. The van der Waals surface area contributed by atoms with Crippen molar-refractivity contribution >= 4 is 11.6 Å². The van der Waals surface area contributed by atoms with Crippen molar-refractivity contribution in [2.45, 2.75) is 32.7 Å². The Morgan fingerprint density at radius 3 is 2.95 bits per heavy atom. The lowest BCUT2D eigenvalue weighted by molar-refractivity contribution is 0.461. The van der Waals surface area contributed by atoms with Gasteiger partial charge in [-0.1, -0.05) is 24.6 Å². The lowest BCUT2D eigenvalue weighted by atomic mass is 10.1. The predicted octanol–water partition coefficient (Wildman–Crippen LogP) is 4.13. The smallest absolute Gasteiger partial charge is 0.219 e. The molecule has 0 fully saturated rings. The third-order valence-corrected chi connectivity index (χ3v) is 4.11. The number of nitrogens with one attached hydrogen (secondary N) is 1. The second-order valence-electron chi connectivity index (χ2n) is 5.28. The van der Waals surface area contributed by atoms with E-state index in [-0.39, 0.29) is 0 Å². The zero-order valence-corrected chi connectivity index (χ0v) is 12.9. The Labute approximate surface area is 130 Å². The molecule has 21 heavy (non-hydrogen) atoms. The molecule has 1 aliphatic carbocycles. The minimum absolute atomic E-state index is 0.588. The summed E-state index contributed by atoms with van der Waals surface area (Å²) in [7, 11) is 0. The zero-order valence-electron chi connectivity index (χ0n) is 12.2. The summed E-state index contributed by atoms with van der Waals surface area (Å²) in [5, 5.41) is 3.93. The van der Waals surface area contributed by atoms with Crippen molar-refractivity contribution < 1.29 is 4.74 Å². The van der Waals surface area contributed by atoms with E-state index in [1.54, 1.807) is 6.20 Å². The first-order valence-electron chi connectivity index (χ1n) is 7.41. The molecule has 0 spiro atoms. The van der Waals surface area contributed by atoms with Crippen molar-refractivity contribution in [1.29, 1.82) is 0 Å². The monoisotopic (exact) mass is 302 g/mol. The summed E-state index contributed by atoms with van der Waals surface area (Å²) in [5.41, 5.74) is 3.85. The van der Waals surface area contributed by atoms with Gasteiger partial charge in [-0.3, -0.25) is 0 Å². The normalized spacial score (nSPS) is 13.2. The van der Waals surface area contributed by atoms with Gasteiger partial charge >= 0.3 is 0 Å². The second kappa shape index (κ2) is 6.46. The minimum atomic E-state index is 0.588. The number of hydrogen-bond acceptors (Lipinski definition) is 3. The molecule has 0 aliphatic heterocycles. The van der Waals surface area contributed by atoms with E-state index in [2.05, 4.69) is 29.4 Å². The molecular formula is C17H19ClN2O. The molecule has 0 bridgehead atoms. The highest BCUT2D eigenvalue weighted by Crippen LogP contribution is 2.29. The van der Waals surface area contributed by atoms with E-state index in [9.17, 15) is 0 Å². The zero-order chi connectivity index (χ0) is 14.7. The maximum Gasteiger partial charge on any atom is 0.219 e. The van der Waals surface area contributed by atoms with E-state index in [1.165, 1.54) is 24.0 Å². The first-order chi connectivity index (χ1) is 10.3. The van der Waals surface area contributed by atoms with Crippen LogP contribution in [0.2, 0.25) is 5.02 Å². The van der Waals surface area contributed by atoms with Crippen molar-refractivity contribution in [2.75, 3.05) is 6.54 Å². The van der Waals surface area contributed by atoms with Gasteiger partial charge in [-0.25, -0.2) is 4.98 Å². The number of aryl methyl sites for hydroxylation is 2. The van der Waals surface area contributed by atoms with Crippen molar-refractivity contribution in [3.8, 4) is 11.6 Å². The molecule has 110 valence electrons. The summed E-state index contributed by atoms with van der Waals surface area (Å²) >= 11 is 6.15. The number of aromatic nitrogens is 1. The molecule has 3 nitrogen and oxygen atoms in total. The summed E-state index contributed by atoms with van der Waals surface area (Å²) < 4.78 is 5.88. The van der Waals surface area contributed by atoms with Gasteiger partial charge in [0.25, 0.3) is 0 Å². The molecule has 1 heterocycles. The minimum Gasteiger partial charge on any atom is -0.439 e. The molecule has 1 aromatic heterocycles. The molecule has 0 saturated heterocycles. The SMILES string of the molecule is CCNCc1cc(Oc2ccc3c(c2)CCC3)ncc1Cl. The Balaban J connectivity index is 1.78. The van der Waals surface area contributed by atoms with Crippen LogP contribution in [0, 0.1) is 0 Å². The Morgan fingerprint density at radius 1 is 1.24 bits per heavy atom. The lowest BCUT2D eigenvalue weighted by Crippen LogP contribution is -2.12. The molecule has 0 amide bonds. The summed E-state index contributed by atoms with van der Waals surface area (Å²) in [5.74, 6) is 1.44. The number of fused-ring (bicyclic) bond motifs is 1. The third kappa shape index (κ3) is 3.36. The summed E-state index contributed by atoms with van der Waals surface area (Å²) in [6, 6.07) is 8.21. The fourth-order valence-corrected chi connectivity index (χ4v) is 2.81. The number of ether oxygens (including phenoxy) is 1. The Bertz CT molecular complexity index is 643. The fourth-order valence-electron chi connectivity index (χ4n) is 2.64. The number of nitrogens with zero attached hydrogens (tertiary/aromatic N) is 1. The van der Waals surface area contributed by atoms with E-state index in [1.807, 2.05) is 12.1 Å². The third-order valence-electron chi connectivity index (χ3n) is 3.77. The average molecular weight is 303 g/mol. The van der Waals surface area contributed by atoms with Crippen molar-refractivity contribution in [3.63, 3.8) is 0 Å². The second-order valence-corrected chi connectivity index (χ2v) is 5.69. The Morgan fingerprint density at radius 2 is 2.10 bits per heavy atom. The van der Waals surface area contributed by atoms with Gasteiger partial charge in [-0.15, -0.1) is 0 Å². The van der Waals surface area contributed by atoms with E-state index in [0.29, 0.717) is 10.9 Å². The first-order valence-corrected chi connectivity index (χ1v) is 7.79. The quantitative estimate of drug-likeness (QED) is 0.902. The molecule has 1 N–H and O–H groups in total. The van der Waals surface area contributed by atoms with Gasteiger partial charge in [-0.05, 0) is 54.6 Å². The summed E-state index contributed by atoms with van der Waals surface area (Å²) in [6.07, 6.45) is 5.22. The van der Waals surface area contributed by atoms with Gasteiger partial charge in [0.05, 0.1) is 5.02 Å². The number of pyridine rings is 1.